The van der Waals surface area contributed by atoms with Gasteiger partial charge in [0, 0.05) is 5.57 Å². The van der Waals surface area contributed by atoms with Gasteiger partial charge in [-0.15, -0.1) is 0 Å². The van der Waals surface area contributed by atoms with E-state index in [4.69, 9.17) is 9.47 Å². The van der Waals surface area contributed by atoms with E-state index >= 15 is 0 Å². The maximum atomic E-state index is 12.9. The fraction of sp³-hybridized carbons (Fsp3) is 0.706. The van der Waals surface area contributed by atoms with Crippen molar-refractivity contribution in [1.29, 1.82) is 0 Å². The minimum Gasteiger partial charge on any atom is -0.460 e. The van der Waals surface area contributed by atoms with Crippen LogP contribution in [0.4, 0.5) is 0 Å². The number of aliphatic hydroxyl groups excluding tert-OH is 1. The molecule has 0 radical (unpaired) electrons. The quantitative estimate of drug-likeness (QED) is 0.444. The van der Waals surface area contributed by atoms with Crippen molar-refractivity contribution in [2.24, 2.45) is 10.8 Å². The van der Waals surface area contributed by atoms with Crippen molar-refractivity contribution in [3.05, 3.63) is 11.6 Å². The molecule has 24 heavy (non-hydrogen) atoms. The predicted molar refractivity (Wildman–Crippen MR) is 82.6 cm³/mol. The lowest BCUT2D eigenvalue weighted by Crippen LogP contribution is -2.53. The number of carbonyl (C=O) groups is 3. The number of rotatable bonds is 5. The molecule has 0 aromatic carbocycles. The molecule has 0 spiro atoms. The molecule has 0 aromatic heterocycles. The summed E-state index contributed by atoms with van der Waals surface area (Å²) in [5.41, 5.74) is -1.77. The van der Waals surface area contributed by atoms with Gasteiger partial charge in [-0.3, -0.25) is 14.5 Å². The summed E-state index contributed by atoms with van der Waals surface area (Å²) in [6.45, 7) is 4.60. The molecular weight excluding hydrogens is 314 g/mol. The van der Waals surface area contributed by atoms with Crippen LogP contribution in [0.5, 0.6) is 0 Å². The normalized spacial score (nSPS) is 38.0. The van der Waals surface area contributed by atoms with Crippen LogP contribution in [-0.4, -0.2) is 59.8 Å². The Balaban J connectivity index is 1.77. The fourth-order valence-electron chi connectivity index (χ4n) is 4.35. The third-order valence-corrected chi connectivity index (χ3v) is 6.01. The van der Waals surface area contributed by atoms with Gasteiger partial charge in [-0.1, -0.05) is 6.08 Å². The lowest BCUT2D eigenvalue weighted by molar-refractivity contribution is -0.150. The van der Waals surface area contributed by atoms with Crippen molar-refractivity contribution in [3.63, 3.8) is 0 Å². The Morgan fingerprint density at radius 2 is 2.04 bits per heavy atom. The number of fused-ring (bicyclic) bond motifs is 5. The minimum atomic E-state index is -1.20. The minimum absolute atomic E-state index is 0.00280. The van der Waals surface area contributed by atoms with Gasteiger partial charge in [0.05, 0.1) is 30.8 Å². The Hall–Kier alpha value is -1.73. The second kappa shape index (κ2) is 5.67. The van der Waals surface area contributed by atoms with Crippen molar-refractivity contribution >= 4 is 17.8 Å². The number of aliphatic hydroxyl groups is 1. The molecular formula is C17H23NO6. The summed E-state index contributed by atoms with van der Waals surface area (Å²) in [6.07, 6.45) is 2.25. The molecule has 3 aliphatic rings. The summed E-state index contributed by atoms with van der Waals surface area (Å²) < 4.78 is 10.9. The van der Waals surface area contributed by atoms with E-state index in [1.165, 1.54) is 0 Å². The molecule has 0 saturated carbocycles. The molecule has 2 amide bonds. The SMILES string of the molecule is C/C=C(/C)C(=O)OCCN1C(=O)[C@@]2(C)[C@@H]3CC[C@@H](O3)[C@@]2(CO)C1=O. The van der Waals surface area contributed by atoms with Gasteiger partial charge < -0.3 is 14.6 Å². The molecule has 1 N–H and O–H groups in total. The Labute approximate surface area is 140 Å². The summed E-state index contributed by atoms with van der Waals surface area (Å²) in [4.78, 5) is 38.6. The largest absolute Gasteiger partial charge is 0.460 e. The van der Waals surface area contributed by atoms with Gasteiger partial charge >= 0.3 is 5.97 Å². The second-order valence-electron chi connectivity index (χ2n) is 6.89. The highest BCUT2D eigenvalue weighted by Crippen LogP contribution is 2.64. The number of allylic oxidation sites excluding steroid dienone is 1. The molecule has 132 valence electrons. The van der Waals surface area contributed by atoms with Gasteiger partial charge in [-0.2, -0.15) is 0 Å². The predicted octanol–water partition coefficient (Wildman–Crippen LogP) is 0.411. The number of imide groups is 1. The van der Waals surface area contributed by atoms with Gasteiger partial charge in [0.1, 0.15) is 12.0 Å². The van der Waals surface area contributed by atoms with E-state index in [2.05, 4.69) is 0 Å². The molecule has 7 heteroatoms. The Morgan fingerprint density at radius 1 is 1.38 bits per heavy atom. The number of ether oxygens (including phenoxy) is 2. The Kier molecular flexibility index (Phi) is 4.04. The van der Waals surface area contributed by atoms with E-state index in [0.29, 0.717) is 18.4 Å². The van der Waals surface area contributed by atoms with E-state index in [-0.39, 0.29) is 25.2 Å². The monoisotopic (exact) mass is 337 g/mol. The molecule has 3 fully saturated rings. The van der Waals surface area contributed by atoms with Crippen LogP contribution in [0.2, 0.25) is 0 Å². The summed E-state index contributed by atoms with van der Waals surface area (Å²) >= 11 is 0. The molecule has 7 nitrogen and oxygen atoms in total. The van der Waals surface area contributed by atoms with E-state index < -0.39 is 35.4 Å². The number of esters is 1. The topological polar surface area (TPSA) is 93.1 Å². The maximum Gasteiger partial charge on any atom is 0.333 e. The molecule has 0 unspecified atom stereocenters. The van der Waals surface area contributed by atoms with Crippen LogP contribution >= 0.6 is 0 Å². The van der Waals surface area contributed by atoms with Crippen LogP contribution in [0.3, 0.4) is 0 Å². The first-order valence-corrected chi connectivity index (χ1v) is 8.27. The van der Waals surface area contributed by atoms with Gasteiger partial charge in [0.25, 0.3) is 0 Å². The summed E-state index contributed by atoms with van der Waals surface area (Å²) in [7, 11) is 0. The van der Waals surface area contributed by atoms with Crippen molar-refractivity contribution < 1.29 is 29.0 Å². The van der Waals surface area contributed by atoms with Crippen LogP contribution in [-0.2, 0) is 23.9 Å². The van der Waals surface area contributed by atoms with E-state index in [1.807, 2.05) is 0 Å². The van der Waals surface area contributed by atoms with Gasteiger partial charge in [0.15, 0.2) is 0 Å². The zero-order valence-corrected chi connectivity index (χ0v) is 14.2. The first-order valence-electron chi connectivity index (χ1n) is 8.27. The van der Waals surface area contributed by atoms with Gasteiger partial charge in [-0.25, -0.2) is 4.79 Å². The average molecular weight is 337 g/mol. The highest BCUT2D eigenvalue weighted by Gasteiger charge is 2.78. The second-order valence-corrected chi connectivity index (χ2v) is 6.89. The zero-order valence-electron chi connectivity index (χ0n) is 14.2. The van der Waals surface area contributed by atoms with Crippen LogP contribution in [0.15, 0.2) is 11.6 Å². The van der Waals surface area contributed by atoms with Crippen molar-refractivity contribution in [3.8, 4) is 0 Å². The average Bonchev–Trinajstić information content (AvgIpc) is 3.20. The van der Waals surface area contributed by atoms with Crippen molar-refractivity contribution in [2.75, 3.05) is 19.8 Å². The lowest BCUT2D eigenvalue weighted by atomic mass is 9.58. The fourth-order valence-corrected chi connectivity index (χ4v) is 4.35. The Morgan fingerprint density at radius 3 is 2.62 bits per heavy atom. The molecule has 4 atom stereocenters. The smallest absolute Gasteiger partial charge is 0.333 e. The number of amides is 2. The van der Waals surface area contributed by atoms with Crippen LogP contribution < -0.4 is 0 Å². The third kappa shape index (κ3) is 1.88. The number of nitrogens with zero attached hydrogens (tertiary/aromatic N) is 1. The van der Waals surface area contributed by atoms with Crippen molar-refractivity contribution in [2.45, 2.75) is 45.8 Å². The van der Waals surface area contributed by atoms with Crippen molar-refractivity contribution in [1.82, 2.24) is 4.90 Å². The molecule has 2 bridgehead atoms. The Bertz CT molecular complexity index is 629. The molecule has 0 aromatic rings. The molecule has 3 saturated heterocycles. The molecule has 3 heterocycles. The zero-order chi connectivity index (χ0) is 17.7. The van der Waals surface area contributed by atoms with Gasteiger partial charge in [0.2, 0.25) is 11.8 Å². The number of hydrogen-bond donors (Lipinski definition) is 1. The number of hydrogen-bond acceptors (Lipinski definition) is 6. The van der Waals surface area contributed by atoms with Gasteiger partial charge in [-0.05, 0) is 33.6 Å². The van der Waals surface area contributed by atoms with E-state index in [0.717, 1.165) is 4.90 Å². The lowest BCUT2D eigenvalue weighted by Gasteiger charge is -2.37. The van der Waals surface area contributed by atoms with Crippen LogP contribution in [0.25, 0.3) is 0 Å². The summed E-state index contributed by atoms with van der Waals surface area (Å²) in [5, 5.41) is 9.97. The van der Waals surface area contributed by atoms with E-state index in [9.17, 15) is 19.5 Å². The third-order valence-electron chi connectivity index (χ3n) is 6.01. The summed E-state index contributed by atoms with van der Waals surface area (Å²) in [5.74, 6) is -1.22. The molecule has 0 aliphatic carbocycles. The first-order chi connectivity index (χ1) is 11.3. The van der Waals surface area contributed by atoms with Crippen LogP contribution in [0.1, 0.15) is 33.6 Å². The maximum absolute atomic E-state index is 12.9. The summed E-state index contributed by atoms with van der Waals surface area (Å²) in [6, 6.07) is 0. The molecule has 3 rings (SSSR count). The number of likely N-dealkylation sites (tertiary alicyclic amines) is 1. The number of carbonyl (C=O) groups excluding carboxylic acids is 3. The molecule has 3 aliphatic heterocycles. The van der Waals surface area contributed by atoms with Crippen LogP contribution in [0, 0.1) is 10.8 Å². The highest BCUT2D eigenvalue weighted by atomic mass is 16.5. The first kappa shape index (κ1) is 17.1. The standard InChI is InChI=1S/C17H23NO6/c1-4-10(2)13(20)23-8-7-18-14(21)16(3)11-5-6-12(24-11)17(16,9-19)15(18)22/h4,11-12,19H,5-9H2,1-3H3/b10-4-/t11-,12+,16+,17-/m0/s1. The highest BCUT2D eigenvalue weighted by molar-refractivity contribution is 6.11. The van der Waals surface area contributed by atoms with E-state index in [1.54, 1.807) is 26.8 Å².